The molecule has 0 fully saturated rings. The highest BCUT2D eigenvalue weighted by Crippen LogP contribution is 2.38. The molecule has 0 saturated heterocycles. The number of aryl methyl sites for hydroxylation is 2. The average Bonchev–Trinajstić information content (AvgIpc) is 2.63. The summed E-state index contributed by atoms with van der Waals surface area (Å²) in [5.74, 6) is 1.61. The number of rotatable bonds is 5. The Kier molecular flexibility index (Phi) is 4.84. The minimum atomic E-state index is -0.200. The van der Waals surface area contributed by atoms with E-state index < -0.39 is 0 Å². The van der Waals surface area contributed by atoms with Crippen LogP contribution in [-0.4, -0.2) is 31.3 Å². The number of H-pyrrole nitrogens is 1. The molecule has 0 spiro atoms. The van der Waals surface area contributed by atoms with Crippen LogP contribution in [0.5, 0.6) is 17.2 Å². The second-order valence-electron chi connectivity index (χ2n) is 6.18. The highest BCUT2D eigenvalue weighted by atomic mass is 16.5. The van der Waals surface area contributed by atoms with E-state index in [2.05, 4.69) is 9.97 Å². The normalized spacial score (nSPS) is 10.8. The predicted molar refractivity (Wildman–Crippen MR) is 101 cm³/mol. The molecule has 0 aliphatic rings. The smallest absolute Gasteiger partial charge is 0.270 e. The molecule has 26 heavy (non-hydrogen) atoms. The summed E-state index contributed by atoms with van der Waals surface area (Å²) < 4.78 is 16.1. The molecular weight excluding hydrogens is 332 g/mol. The van der Waals surface area contributed by atoms with Crippen molar-refractivity contribution in [2.45, 2.75) is 20.3 Å². The third-order valence-corrected chi connectivity index (χ3v) is 4.47. The standard InChI is InChI=1S/C20H22N2O4/c1-11-6-14-15(7-12(11)2)22-20(23)16(21-14)8-13-9-17(24-3)19(26-5)18(10-13)25-4/h6-7,9-10H,8H2,1-5H3,(H,22,23). The van der Waals surface area contributed by atoms with E-state index in [1.807, 2.05) is 38.1 Å². The van der Waals surface area contributed by atoms with E-state index >= 15 is 0 Å². The largest absolute Gasteiger partial charge is 0.493 e. The van der Waals surface area contributed by atoms with Crippen molar-refractivity contribution in [1.29, 1.82) is 0 Å². The zero-order valence-electron chi connectivity index (χ0n) is 15.6. The summed E-state index contributed by atoms with van der Waals surface area (Å²) >= 11 is 0. The number of ether oxygens (including phenoxy) is 3. The third kappa shape index (κ3) is 3.22. The van der Waals surface area contributed by atoms with Crippen LogP contribution < -0.4 is 19.8 Å². The number of nitrogens with one attached hydrogen (secondary N) is 1. The topological polar surface area (TPSA) is 73.4 Å². The van der Waals surface area contributed by atoms with Gasteiger partial charge in [-0.3, -0.25) is 4.79 Å². The molecule has 0 aliphatic heterocycles. The van der Waals surface area contributed by atoms with Crippen LogP contribution >= 0.6 is 0 Å². The summed E-state index contributed by atoms with van der Waals surface area (Å²) in [6.45, 7) is 4.04. The number of hydrogen-bond donors (Lipinski definition) is 1. The molecule has 0 saturated carbocycles. The molecular formula is C20H22N2O4. The van der Waals surface area contributed by atoms with Gasteiger partial charge in [0.2, 0.25) is 5.75 Å². The summed E-state index contributed by atoms with van der Waals surface area (Å²) in [4.78, 5) is 20.0. The van der Waals surface area contributed by atoms with E-state index in [0.29, 0.717) is 29.4 Å². The predicted octanol–water partition coefficient (Wildman–Crippen LogP) is 3.16. The number of benzene rings is 2. The third-order valence-electron chi connectivity index (χ3n) is 4.47. The first kappa shape index (κ1) is 17.8. The Morgan fingerprint density at radius 1 is 0.923 bits per heavy atom. The van der Waals surface area contributed by atoms with Crippen LogP contribution in [0.15, 0.2) is 29.1 Å². The van der Waals surface area contributed by atoms with Gasteiger partial charge in [-0.05, 0) is 54.8 Å². The molecule has 0 atom stereocenters. The van der Waals surface area contributed by atoms with Gasteiger partial charge in [0.25, 0.3) is 5.56 Å². The maximum Gasteiger partial charge on any atom is 0.270 e. The van der Waals surface area contributed by atoms with Crippen molar-refractivity contribution in [3.63, 3.8) is 0 Å². The van der Waals surface area contributed by atoms with Gasteiger partial charge in [-0.1, -0.05) is 0 Å². The number of nitrogens with zero attached hydrogens (tertiary/aromatic N) is 1. The fraction of sp³-hybridized carbons (Fsp3) is 0.300. The maximum atomic E-state index is 12.5. The molecule has 6 heteroatoms. The number of aromatic amines is 1. The molecule has 1 N–H and O–H groups in total. The highest BCUT2D eigenvalue weighted by Gasteiger charge is 2.15. The van der Waals surface area contributed by atoms with Crippen LogP contribution in [0.2, 0.25) is 0 Å². The minimum Gasteiger partial charge on any atom is -0.493 e. The van der Waals surface area contributed by atoms with Crippen LogP contribution in [0.3, 0.4) is 0 Å². The van der Waals surface area contributed by atoms with E-state index in [1.165, 1.54) is 0 Å². The summed E-state index contributed by atoms with van der Waals surface area (Å²) in [7, 11) is 4.68. The Balaban J connectivity index is 2.07. The van der Waals surface area contributed by atoms with E-state index in [0.717, 1.165) is 27.7 Å². The van der Waals surface area contributed by atoms with Crippen molar-refractivity contribution in [1.82, 2.24) is 9.97 Å². The first-order chi connectivity index (χ1) is 12.5. The van der Waals surface area contributed by atoms with Gasteiger partial charge in [0, 0.05) is 6.42 Å². The molecule has 6 nitrogen and oxygen atoms in total. The van der Waals surface area contributed by atoms with Crippen LogP contribution in [0.25, 0.3) is 11.0 Å². The van der Waals surface area contributed by atoms with Crippen LogP contribution in [0, 0.1) is 13.8 Å². The van der Waals surface area contributed by atoms with Gasteiger partial charge < -0.3 is 19.2 Å². The summed E-state index contributed by atoms with van der Waals surface area (Å²) in [6, 6.07) is 7.59. The monoisotopic (exact) mass is 354 g/mol. The van der Waals surface area contributed by atoms with Crippen molar-refractivity contribution in [2.75, 3.05) is 21.3 Å². The number of hydrogen-bond acceptors (Lipinski definition) is 5. The Morgan fingerprint density at radius 2 is 1.54 bits per heavy atom. The highest BCUT2D eigenvalue weighted by molar-refractivity contribution is 5.76. The summed E-state index contributed by atoms with van der Waals surface area (Å²) in [5, 5.41) is 0. The molecule has 1 aromatic heterocycles. The Labute approximate surface area is 151 Å². The number of aromatic nitrogens is 2. The number of methoxy groups -OCH3 is 3. The Hall–Kier alpha value is -3.02. The lowest BCUT2D eigenvalue weighted by Gasteiger charge is -2.14. The van der Waals surface area contributed by atoms with E-state index in [-0.39, 0.29) is 5.56 Å². The maximum absolute atomic E-state index is 12.5. The molecule has 1 heterocycles. The second-order valence-corrected chi connectivity index (χ2v) is 6.18. The molecule has 136 valence electrons. The van der Waals surface area contributed by atoms with Gasteiger partial charge in [-0.2, -0.15) is 0 Å². The van der Waals surface area contributed by atoms with Crippen molar-refractivity contribution in [2.24, 2.45) is 0 Å². The molecule has 0 aliphatic carbocycles. The SMILES string of the molecule is COc1cc(Cc2nc3cc(C)c(C)cc3[nH]c2=O)cc(OC)c1OC. The Morgan fingerprint density at radius 3 is 2.12 bits per heavy atom. The lowest BCUT2D eigenvalue weighted by molar-refractivity contribution is 0.324. The molecule has 3 rings (SSSR count). The van der Waals surface area contributed by atoms with Crippen LogP contribution in [0.4, 0.5) is 0 Å². The first-order valence-electron chi connectivity index (χ1n) is 8.25. The van der Waals surface area contributed by atoms with Crippen LogP contribution in [-0.2, 0) is 6.42 Å². The quantitative estimate of drug-likeness (QED) is 0.762. The molecule has 0 amide bonds. The Bertz CT molecular complexity index is 999. The van der Waals surface area contributed by atoms with Crippen LogP contribution in [0.1, 0.15) is 22.4 Å². The molecule has 3 aromatic rings. The van der Waals surface area contributed by atoms with Gasteiger partial charge in [0.05, 0.1) is 32.4 Å². The zero-order valence-corrected chi connectivity index (χ0v) is 15.6. The fourth-order valence-corrected chi connectivity index (χ4v) is 2.93. The van der Waals surface area contributed by atoms with Gasteiger partial charge in [0.15, 0.2) is 11.5 Å². The van der Waals surface area contributed by atoms with Crippen molar-refractivity contribution in [3.05, 3.63) is 57.0 Å². The van der Waals surface area contributed by atoms with Crippen molar-refractivity contribution < 1.29 is 14.2 Å². The molecule has 0 radical (unpaired) electrons. The molecule has 0 bridgehead atoms. The molecule has 0 unspecified atom stereocenters. The van der Waals surface area contributed by atoms with E-state index in [1.54, 1.807) is 21.3 Å². The summed E-state index contributed by atoms with van der Waals surface area (Å²) in [6.07, 6.45) is 0.356. The summed E-state index contributed by atoms with van der Waals surface area (Å²) in [5.41, 5.74) is 4.86. The number of fused-ring (bicyclic) bond motifs is 1. The van der Waals surface area contributed by atoms with Crippen molar-refractivity contribution >= 4 is 11.0 Å². The minimum absolute atomic E-state index is 0.200. The van der Waals surface area contributed by atoms with Gasteiger partial charge >= 0.3 is 0 Å². The fourth-order valence-electron chi connectivity index (χ4n) is 2.93. The zero-order chi connectivity index (χ0) is 18.8. The van der Waals surface area contributed by atoms with E-state index in [4.69, 9.17) is 14.2 Å². The molecule has 2 aromatic carbocycles. The van der Waals surface area contributed by atoms with Gasteiger partial charge in [-0.25, -0.2) is 4.98 Å². The van der Waals surface area contributed by atoms with Crippen molar-refractivity contribution in [3.8, 4) is 17.2 Å². The lowest BCUT2D eigenvalue weighted by atomic mass is 10.1. The first-order valence-corrected chi connectivity index (χ1v) is 8.25. The van der Waals surface area contributed by atoms with Gasteiger partial charge in [-0.15, -0.1) is 0 Å². The second kappa shape index (κ2) is 7.07. The van der Waals surface area contributed by atoms with E-state index in [9.17, 15) is 4.79 Å². The lowest BCUT2D eigenvalue weighted by Crippen LogP contribution is -2.16. The van der Waals surface area contributed by atoms with Gasteiger partial charge in [0.1, 0.15) is 5.69 Å². The average molecular weight is 354 g/mol.